The third-order valence-electron chi connectivity index (χ3n) is 3.18. The summed E-state index contributed by atoms with van der Waals surface area (Å²) in [6, 6.07) is 17.5. The highest BCUT2D eigenvalue weighted by atomic mass is 16.2. The Kier molecular flexibility index (Phi) is 2.72. The lowest BCUT2D eigenvalue weighted by atomic mass is 9.99. The Morgan fingerprint density at radius 3 is 2.32 bits per heavy atom. The Morgan fingerprint density at radius 1 is 0.895 bits per heavy atom. The van der Waals surface area contributed by atoms with Gasteiger partial charge in [-0.2, -0.15) is 0 Å². The van der Waals surface area contributed by atoms with Gasteiger partial charge in [0.2, 0.25) is 6.41 Å². The normalized spacial score (nSPS) is 10.5. The Balaban J connectivity index is 2.32. The van der Waals surface area contributed by atoms with Gasteiger partial charge >= 0.3 is 0 Å². The maximum atomic E-state index is 11.9. The topological polar surface area (TPSA) is 46.2 Å². The highest BCUT2D eigenvalue weighted by Gasteiger charge is 2.09. The van der Waals surface area contributed by atoms with Gasteiger partial charge in [0.1, 0.15) is 0 Å². The van der Waals surface area contributed by atoms with Crippen molar-refractivity contribution in [2.45, 2.75) is 0 Å². The molecule has 2 amide bonds. The summed E-state index contributed by atoms with van der Waals surface area (Å²) in [6.45, 7) is 0. The lowest BCUT2D eigenvalue weighted by Crippen LogP contribution is -2.21. The van der Waals surface area contributed by atoms with E-state index in [9.17, 15) is 9.59 Å². The fraction of sp³-hybridized carbons (Fsp3) is 0. The number of rotatable bonds is 2. The molecule has 0 unspecified atom stereocenters. The van der Waals surface area contributed by atoms with E-state index >= 15 is 0 Å². The lowest BCUT2D eigenvalue weighted by molar-refractivity contribution is -0.108. The molecule has 0 saturated heterocycles. The van der Waals surface area contributed by atoms with Crippen molar-refractivity contribution in [2.24, 2.45) is 0 Å². The largest absolute Gasteiger partial charge is 0.295 e. The third kappa shape index (κ3) is 1.95. The number of hydrogen-bond donors (Lipinski definition) is 1. The second-order valence-corrected chi connectivity index (χ2v) is 4.32. The number of nitrogens with one attached hydrogen (secondary N) is 1. The van der Waals surface area contributed by atoms with E-state index in [0.717, 1.165) is 21.5 Å². The zero-order chi connectivity index (χ0) is 13.2. The molecular formula is C16H11NO2. The number of hydrogen-bond acceptors (Lipinski definition) is 2. The molecule has 0 heterocycles. The van der Waals surface area contributed by atoms with Crippen LogP contribution in [0, 0.1) is 0 Å². The molecule has 92 valence electrons. The smallest absolute Gasteiger partial charge is 0.258 e. The van der Waals surface area contributed by atoms with Crippen molar-refractivity contribution in [1.29, 1.82) is 0 Å². The molecule has 0 aliphatic carbocycles. The molecule has 3 heteroatoms. The molecule has 1 N–H and O–H groups in total. The second kappa shape index (κ2) is 4.53. The second-order valence-electron chi connectivity index (χ2n) is 4.32. The summed E-state index contributed by atoms with van der Waals surface area (Å²) in [6.07, 6.45) is 0.405. The van der Waals surface area contributed by atoms with E-state index in [1.165, 1.54) is 0 Å². The van der Waals surface area contributed by atoms with Gasteiger partial charge in [0.05, 0.1) is 0 Å². The average Bonchev–Trinajstić information content (AvgIpc) is 2.44. The molecule has 3 rings (SSSR count). The van der Waals surface area contributed by atoms with E-state index in [-0.39, 0.29) is 5.91 Å². The van der Waals surface area contributed by atoms with Crippen LogP contribution >= 0.6 is 0 Å². The van der Waals surface area contributed by atoms with Crippen LogP contribution in [0.5, 0.6) is 0 Å². The number of imide groups is 1. The number of carbonyl (C=O) groups is 2. The van der Waals surface area contributed by atoms with E-state index in [1.54, 1.807) is 6.07 Å². The summed E-state index contributed by atoms with van der Waals surface area (Å²) in [4.78, 5) is 22.3. The molecule has 0 saturated carbocycles. The zero-order valence-corrected chi connectivity index (χ0v) is 10.1. The maximum Gasteiger partial charge on any atom is 0.258 e. The molecule has 3 aromatic rings. The van der Waals surface area contributed by atoms with Gasteiger partial charge in [-0.15, -0.1) is 0 Å². The quantitative estimate of drug-likeness (QED) is 0.560. The summed E-state index contributed by atoms with van der Waals surface area (Å²) in [5.41, 5.74) is 0.510. The fourth-order valence-electron chi connectivity index (χ4n) is 2.30. The summed E-state index contributed by atoms with van der Waals surface area (Å²) >= 11 is 0. The molecule has 0 radical (unpaired) electrons. The van der Waals surface area contributed by atoms with Crippen molar-refractivity contribution >= 4 is 33.9 Å². The van der Waals surface area contributed by atoms with Crippen molar-refractivity contribution < 1.29 is 9.59 Å². The number of fused-ring (bicyclic) bond motifs is 2. The minimum Gasteiger partial charge on any atom is -0.295 e. The van der Waals surface area contributed by atoms with Gasteiger partial charge in [0.25, 0.3) is 5.91 Å². The van der Waals surface area contributed by atoms with Crippen molar-refractivity contribution in [3.63, 3.8) is 0 Å². The Morgan fingerprint density at radius 2 is 1.58 bits per heavy atom. The maximum absolute atomic E-state index is 11.9. The highest BCUT2D eigenvalue weighted by molar-refractivity contribution is 6.12. The standard InChI is InChI=1S/C16H11NO2/c18-10-17-16(19)14-7-3-6-13-8-11-4-1-2-5-12(11)9-15(13)14/h1-10H,(H,17,18,19). The fourth-order valence-corrected chi connectivity index (χ4v) is 2.30. The summed E-state index contributed by atoms with van der Waals surface area (Å²) in [7, 11) is 0. The van der Waals surface area contributed by atoms with Crippen LogP contribution in [-0.4, -0.2) is 12.3 Å². The van der Waals surface area contributed by atoms with Crippen LogP contribution in [0.3, 0.4) is 0 Å². The first-order chi connectivity index (χ1) is 9.29. The Hall–Kier alpha value is -2.68. The van der Waals surface area contributed by atoms with Gasteiger partial charge in [-0.3, -0.25) is 14.9 Å². The van der Waals surface area contributed by atoms with Gasteiger partial charge in [0, 0.05) is 5.56 Å². The van der Waals surface area contributed by atoms with Crippen molar-refractivity contribution in [3.05, 3.63) is 60.2 Å². The number of benzene rings is 3. The summed E-state index contributed by atoms with van der Waals surface area (Å²) < 4.78 is 0. The van der Waals surface area contributed by atoms with Crippen molar-refractivity contribution in [2.75, 3.05) is 0 Å². The zero-order valence-electron chi connectivity index (χ0n) is 10.1. The first kappa shape index (κ1) is 11.4. The third-order valence-corrected chi connectivity index (χ3v) is 3.18. The van der Waals surface area contributed by atoms with Crippen LogP contribution in [0.25, 0.3) is 21.5 Å². The minimum absolute atomic E-state index is 0.379. The van der Waals surface area contributed by atoms with E-state index in [4.69, 9.17) is 0 Å². The van der Waals surface area contributed by atoms with Gasteiger partial charge in [-0.05, 0) is 39.7 Å². The van der Waals surface area contributed by atoms with E-state index < -0.39 is 0 Å². The van der Waals surface area contributed by atoms with Gasteiger partial charge in [-0.1, -0.05) is 36.4 Å². The molecule has 3 nitrogen and oxygen atoms in total. The highest BCUT2D eigenvalue weighted by Crippen LogP contribution is 2.25. The van der Waals surface area contributed by atoms with E-state index in [0.29, 0.717) is 12.0 Å². The molecule has 0 aliphatic rings. The summed E-state index contributed by atoms with van der Waals surface area (Å²) in [5, 5.41) is 6.21. The summed E-state index contributed by atoms with van der Waals surface area (Å²) in [5.74, 6) is -0.379. The molecule has 0 bridgehead atoms. The molecule has 0 spiro atoms. The molecule has 3 aromatic carbocycles. The van der Waals surface area contributed by atoms with Crippen LogP contribution < -0.4 is 5.32 Å². The van der Waals surface area contributed by atoms with E-state index in [2.05, 4.69) is 5.32 Å². The first-order valence-electron chi connectivity index (χ1n) is 5.95. The van der Waals surface area contributed by atoms with Gasteiger partial charge in [0.15, 0.2) is 0 Å². The average molecular weight is 249 g/mol. The molecular weight excluding hydrogens is 238 g/mol. The molecule has 0 atom stereocenters. The number of carbonyl (C=O) groups excluding carboxylic acids is 2. The SMILES string of the molecule is O=CNC(=O)c1cccc2cc3ccccc3cc12. The Bertz CT molecular complexity index is 793. The van der Waals surface area contributed by atoms with Crippen molar-refractivity contribution in [3.8, 4) is 0 Å². The van der Waals surface area contributed by atoms with Crippen molar-refractivity contribution in [1.82, 2.24) is 5.32 Å². The molecule has 0 fully saturated rings. The predicted octanol–water partition coefficient (Wildman–Crippen LogP) is 2.88. The Labute approximate surface area is 109 Å². The minimum atomic E-state index is -0.379. The van der Waals surface area contributed by atoms with E-state index in [1.807, 2.05) is 48.5 Å². The molecule has 19 heavy (non-hydrogen) atoms. The van der Waals surface area contributed by atoms with Crippen LogP contribution in [0.2, 0.25) is 0 Å². The molecule has 0 aromatic heterocycles. The monoisotopic (exact) mass is 249 g/mol. The van der Waals surface area contributed by atoms with Crippen LogP contribution in [0.4, 0.5) is 0 Å². The van der Waals surface area contributed by atoms with Crippen LogP contribution in [-0.2, 0) is 4.79 Å². The van der Waals surface area contributed by atoms with Gasteiger partial charge < -0.3 is 0 Å². The van der Waals surface area contributed by atoms with Crippen LogP contribution in [0.1, 0.15) is 10.4 Å². The number of amides is 2. The van der Waals surface area contributed by atoms with Gasteiger partial charge in [-0.25, -0.2) is 0 Å². The lowest BCUT2D eigenvalue weighted by Gasteiger charge is -2.06. The first-order valence-corrected chi connectivity index (χ1v) is 5.95. The predicted molar refractivity (Wildman–Crippen MR) is 75.0 cm³/mol. The molecule has 0 aliphatic heterocycles. The van der Waals surface area contributed by atoms with Crippen LogP contribution in [0.15, 0.2) is 54.6 Å².